The molecule has 0 amide bonds. The van der Waals surface area contributed by atoms with Crippen molar-refractivity contribution in [2.75, 3.05) is 11.9 Å². The van der Waals surface area contributed by atoms with Gasteiger partial charge in [-0.2, -0.15) is 18.3 Å². The molecule has 20 heavy (non-hydrogen) atoms. The minimum Gasteiger partial charge on any atom is -0.370 e. The SMILES string of the molecule is Cc1c(-c2ccccc2)nn2c1NCCC2C(F)(F)F. The number of benzene rings is 1. The molecule has 0 saturated heterocycles. The van der Waals surface area contributed by atoms with Crippen LogP contribution in [0.5, 0.6) is 0 Å². The van der Waals surface area contributed by atoms with Crippen molar-refractivity contribution in [1.82, 2.24) is 9.78 Å². The second kappa shape index (κ2) is 4.54. The highest BCUT2D eigenvalue weighted by Crippen LogP contribution is 2.40. The van der Waals surface area contributed by atoms with E-state index in [2.05, 4.69) is 10.4 Å². The molecule has 0 bridgehead atoms. The number of halogens is 3. The minimum absolute atomic E-state index is 0.00580. The number of nitrogens with one attached hydrogen (secondary N) is 1. The van der Waals surface area contributed by atoms with Gasteiger partial charge in [-0.1, -0.05) is 30.3 Å². The quantitative estimate of drug-likeness (QED) is 0.862. The van der Waals surface area contributed by atoms with Crippen LogP contribution in [0.3, 0.4) is 0 Å². The normalized spacial score (nSPS) is 18.5. The second-order valence-corrected chi connectivity index (χ2v) is 4.91. The van der Waals surface area contributed by atoms with Gasteiger partial charge in [-0.15, -0.1) is 0 Å². The molecular formula is C14H14F3N3. The fourth-order valence-corrected chi connectivity index (χ4v) is 2.58. The molecule has 1 unspecified atom stereocenters. The Hall–Kier alpha value is -1.98. The Morgan fingerprint density at radius 2 is 1.95 bits per heavy atom. The molecule has 3 rings (SSSR count). The standard InChI is InChI=1S/C14H14F3N3/c1-9-12(10-5-3-2-4-6-10)19-20-11(14(15,16)17)7-8-18-13(9)20/h2-6,11,18H,7-8H2,1H3. The first-order valence-corrected chi connectivity index (χ1v) is 6.43. The van der Waals surface area contributed by atoms with E-state index in [9.17, 15) is 13.2 Å². The Morgan fingerprint density at radius 1 is 1.25 bits per heavy atom. The van der Waals surface area contributed by atoms with Gasteiger partial charge in [0.05, 0.1) is 5.69 Å². The summed E-state index contributed by atoms with van der Waals surface area (Å²) in [6, 6.07) is 7.72. The first-order chi connectivity index (χ1) is 9.48. The summed E-state index contributed by atoms with van der Waals surface area (Å²) >= 11 is 0. The Kier molecular flexibility index (Phi) is 2.96. The first kappa shape index (κ1) is 13.0. The van der Waals surface area contributed by atoms with Crippen molar-refractivity contribution in [3.8, 4) is 11.3 Å². The summed E-state index contributed by atoms with van der Waals surface area (Å²) in [5.74, 6) is 0.470. The Morgan fingerprint density at radius 3 is 2.60 bits per heavy atom. The maximum atomic E-state index is 13.1. The van der Waals surface area contributed by atoms with Gasteiger partial charge in [0.15, 0.2) is 6.04 Å². The van der Waals surface area contributed by atoms with Crippen molar-refractivity contribution in [1.29, 1.82) is 0 Å². The van der Waals surface area contributed by atoms with Gasteiger partial charge in [-0.25, -0.2) is 4.68 Å². The molecular weight excluding hydrogens is 267 g/mol. The van der Waals surface area contributed by atoms with Gasteiger partial charge >= 0.3 is 6.18 Å². The summed E-state index contributed by atoms with van der Waals surface area (Å²) in [4.78, 5) is 0. The maximum Gasteiger partial charge on any atom is 0.410 e. The average molecular weight is 281 g/mol. The first-order valence-electron chi connectivity index (χ1n) is 6.43. The molecule has 6 heteroatoms. The highest BCUT2D eigenvalue weighted by molar-refractivity contribution is 5.69. The van der Waals surface area contributed by atoms with Gasteiger partial charge in [-0.3, -0.25) is 0 Å². The number of hydrogen-bond donors (Lipinski definition) is 1. The van der Waals surface area contributed by atoms with Gasteiger partial charge in [-0.05, 0) is 13.3 Å². The zero-order chi connectivity index (χ0) is 14.3. The van der Waals surface area contributed by atoms with Crippen molar-refractivity contribution in [2.45, 2.75) is 25.6 Å². The number of rotatable bonds is 1. The molecule has 3 nitrogen and oxygen atoms in total. The predicted octanol–water partition coefficient (Wildman–Crippen LogP) is 3.78. The van der Waals surface area contributed by atoms with Crippen LogP contribution >= 0.6 is 0 Å². The molecule has 106 valence electrons. The number of hydrogen-bond acceptors (Lipinski definition) is 2. The molecule has 0 fully saturated rings. The third kappa shape index (κ3) is 2.05. The van der Waals surface area contributed by atoms with Gasteiger partial charge < -0.3 is 5.32 Å². The summed E-state index contributed by atoms with van der Waals surface area (Å²) in [5, 5.41) is 7.23. The molecule has 0 radical (unpaired) electrons. The lowest BCUT2D eigenvalue weighted by Crippen LogP contribution is -2.34. The van der Waals surface area contributed by atoms with Crippen molar-refractivity contribution in [3.05, 3.63) is 35.9 Å². The van der Waals surface area contributed by atoms with Crippen molar-refractivity contribution < 1.29 is 13.2 Å². The second-order valence-electron chi connectivity index (χ2n) is 4.91. The fourth-order valence-electron chi connectivity index (χ4n) is 2.58. The van der Waals surface area contributed by atoms with E-state index < -0.39 is 12.2 Å². The van der Waals surface area contributed by atoms with Crippen LogP contribution in [0.25, 0.3) is 11.3 Å². The van der Waals surface area contributed by atoms with Crippen LogP contribution in [0.1, 0.15) is 18.0 Å². The van der Waals surface area contributed by atoms with E-state index in [0.29, 0.717) is 18.1 Å². The Bertz CT molecular complexity index is 617. The molecule has 1 aliphatic heterocycles. The zero-order valence-electron chi connectivity index (χ0n) is 10.9. The van der Waals surface area contributed by atoms with Crippen LogP contribution < -0.4 is 5.32 Å². The molecule has 2 heterocycles. The highest BCUT2D eigenvalue weighted by atomic mass is 19.4. The lowest BCUT2D eigenvalue weighted by Gasteiger charge is -2.27. The summed E-state index contributed by atoms with van der Waals surface area (Å²) in [6.07, 6.45) is -4.27. The van der Waals surface area contributed by atoms with Crippen LogP contribution in [-0.4, -0.2) is 22.5 Å². The minimum atomic E-state index is -4.27. The van der Waals surface area contributed by atoms with E-state index in [1.807, 2.05) is 30.3 Å². The van der Waals surface area contributed by atoms with Crippen molar-refractivity contribution >= 4 is 5.82 Å². The van der Waals surface area contributed by atoms with Gasteiger partial charge in [0.2, 0.25) is 0 Å². The van der Waals surface area contributed by atoms with E-state index in [1.165, 1.54) is 0 Å². The number of fused-ring (bicyclic) bond motifs is 1. The molecule has 1 atom stereocenters. The van der Waals surface area contributed by atoms with E-state index in [1.54, 1.807) is 6.92 Å². The molecule has 0 aliphatic carbocycles. The molecule has 0 spiro atoms. The van der Waals surface area contributed by atoms with Crippen LogP contribution in [0, 0.1) is 6.92 Å². The fraction of sp³-hybridized carbons (Fsp3) is 0.357. The van der Waals surface area contributed by atoms with E-state index in [-0.39, 0.29) is 6.42 Å². The molecule has 2 aromatic rings. The molecule has 1 aromatic heterocycles. The van der Waals surface area contributed by atoms with Gasteiger partial charge in [0.25, 0.3) is 0 Å². The summed E-state index contributed by atoms with van der Waals surface area (Å²) in [6.45, 7) is 2.11. The Balaban J connectivity index is 2.12. The molecule has 1 aromatic carbocycles. The average Bonchev–Trinajstić information content (AvgIpc) is 2.76. The smallest absolute Gasteiger partial charge is 0.370 e. The third-order valence-electron chi connectivity index (χ3n) is 3.58. The van der Waals surface area contributed by atoms with Crippen molar-refractivity contribution in [2.24, 2.45) is 0 Å². The molecule has 1 N–H and O–H groups in total. The number of alkyl halides is 3. The predicted molar refractivity (Wildman–Crippen MR) is 70.6 cm³/mol. The van der Waals surface area contributed by atoms with Crippen LogP contribution in [0.15, 0.2) is 30.3 Å². The van der Waals surface area contributed by atoms with Crippen LogP contribution in [-0.2, 0) is 0 Å². The van der Waals surface area contributed by atoms with Gasteiger partial charge in [0.1, 0.15) is 5.82 Å². The number of anilines is 1. The molecule has 1 aliphatic rings. The monoisotopic (exact) mass is 281 g/mol. The Labute approximate surface area is 114 Å². The highest BCUT2D eigenvalue weighted by Gasteiger charge is 2.44. The summed E-state index contributed by atoms with van der Waals surface area (Å²) in [7, 11) is 0. The largest absolute Gasteiger partial charge is 0.410 e. The van der Waals surface area contributed by atoms with Gasteiger partial charge in [0, 0.05) is 17.7 Å². The van der Waals surface area contributed by atoms with Crippen LogP contribution in [0.4, 0.5) is 19.0 Å². The summed E-state index contributed by atoms with van der Waals surface area (Å²) < 4.78 is 40.3. The summed E-state index contributed by atoms with van der Waals surface area (Å²) in [5.41, 5.74) is 2.18. The van der Waals surface area contributed by atoms with E-state index in [0.717, 1.165) is 15.8 Å². The van der Waals surface area contributed by atoms with Crippen LogP contribution in [0.2, 0.25) is 0 Å². The lowest BCUT2D eigenvalue weighted by molar-refractivity contribution is -0.171. The van der Waals surface area contributed by atoms with E-state index in [4.69, 9.17) is 0 Å². The van der Waals surface area contributed by atoms with E-state index >= 15 is 0 Å². The zero-order valence-corrected chi connectivity index (χ0v) is 10.9. The molecule has 0 saturated carbocycles. The van der Waals surface area contributed by atoms with Crippen molar-refractivity contribution in [3.63, 3.8) is 0 Å². The lowest BCUT2D eigenvalue weighted by atomic mass is 10.1. The third-order valence-corrected chi connectivity index (χ3v) is 3.58. The maximum absolute atomic E-state index is 13.1. The topological polar surface area (TPSA) is 29.9 Å². The number of nitrogens with zero attached hydrogens (tertiary/aromatic N) is 2. The number of aromatic nitrogens is 2.